The van der Waals surface area contributed by atoms with Crippen LogP contribution in [0.3, 0.4) is 0 Å². The molecule has 0 radical (unpaired) electrons. The maximum absolute atomic E-state index is 13.6. The summed E-state index contributed by atoms with van der Waals surface area (Å²) < 4.78 is 55.3. The first-order chi connectivity index (χ1) is 23.7. The maximum Gasteiger partial charge on any atom is 0.439 e. The zero-order valence-electron chi connectivity index (χ0n) is 28.1. The van der Waals surface area contributed by atoms with Gasteiger partial charge in [0, 0.05) is 30.5 Å². The van der Waals surface area contributed by atoms with Crippen LogP contribution in [0.1, 0.15) is 79.3 Å². The van der Waals surface area contributed by atoms with Gasteiger partial charge in [0.2, 0.25) is 12.7 Å². The number of aryl methyl sites for hydroxylation is 2. The number of esters is 1. The molecule has 1 atom stereocenters. The molecule has 276 valence electrons. The lowest BCUT2D eigenvalue weighted by molar-refractivity contribution is -0.153. The van der Waals surface area contributed by atoms with Crippen molar-refractivity contribution >= 4 is 50.1 Å². The van der Waals surface area contributed by atoms with Crippen molar-refractivity contribution in [2.24, 2.45) is 5.92 Å². The first kappa shape index (κ1) is 38.3. The van der Waals surface area contributed by atoms with Crippen molar-refractivity contribution in [1.29, 1.82) is 0 Å². The molecule has 2 aromatic carbocycles. The quantitative estimate of drug-likeness (QED) is 0.113. The molecular formula is C33H37ClF3N3O10P+. The zero-order valence-corrected chi connectivity index (χ0v) is 29.9. The highest BCUT2D eigenvalue weighted by atomic mass is 35.5. The number of nitrogens with one attached hydrogen (secondary N) is 1. The van der Waals surface area contributed by atoms with Crippen LogP contribution in [0.15, 0.2) is 24.3 Å². The number of fused-ring (bicyclic) bond motifs is 1. The van der Waals surface area contributed by atoms with Crippen LogP contribution in [0.2, 0.25) is 5.02 Å². The molecule has 0 aromatic heterocycles. The number of halogens is 4. The van der Waals surface area contributed by atoms with Crippen LogP contribution in [0.5, 0.6) is 5.75 Å². The van der Waals surface area contributed by atoms with Gasteiger partial charge in [-0.1, -0.05) is 31.5 Å². The molecule has 2 aromatic rings. The standard InChI is InChI=1S/C33H36ClF3N3O10P/c1-17-9-18(2)27(24(10-17)50-51(46)47)31(3,4)13-26(42)48-16-49-30(45)40-28(43)32(21-5-6-21,38-29(40)44)8-7-25(41)39-14-19-11-22(33(35,36)37)23(34)12-20(19)15-39/h9-12,21,46-47,51H,5-8,13-16H2,1-4H3/p+1. The van der Waals surface area contributed by atoms with E-state index < -0.39 is 73.0 Å². The summed E-state index contributed by atoms with van der Waals surface area (Å²) in [6, 6.07) is 4.48. The third-order valence-corrected chi connectivity index (χ3v) is 10.0. The third-order valence-electron chi connectivity index (χ3n) is 9.29. The van der Waals surface area contributed by atoms with Crippen LogP contribution in [-0.2, 0) is 48.5 Å². The minimum atomic E-state index is -4.66. The summed E-state index contributed by atoms with van der Waals surface area (Å²) in [5, 5.41) is 2.08. The molecule has 2 fully saturated rings. The number of amides is 5. The lowest BCUT2D eigenvalue weighted by Gasteiger charge is -2.28. The molecule has 5 amide bonds. The lowest BCUT2D eigenvalue weighted by atomic mass is 9.78. The molecule has 51 heavy (non-hydrogen) atoms. The predicted molar refractivity (Wildman–Crippen MR) is 175 cm³/mol. The van der Waals surface area contributed by atoms with Crippen molar-refractivity contribution in [1.82, 2.24) is 15.1 Å². The summed E-state index contributed by atoms with van der Waals surface area (Å²) in [4.78, 5) is 85.9. The number of hydrogen-bond donors (Lipinski definition) is 3. The third kappa shape index (κ3) is 8.09. The highest BCUT2D eigenvalue weighted by Crippen LogP contribution is 2.46. The smallest absolute Gasteiger partial charge is 0.428 e. The number of rotatable bonds is 11. The fourth-order valence-corrected chi connectivity index (χ4v) is 7.60. The number of imide groups is 3. The lowest BCUT2D eigenvalue weighted by Crippen LogP contribution is -2.50. The van der Waals surface area contributed by atoms with Gasteiger partial charge in [0.15, 0.2) is 5.75 Å². The summed E-state index contributed by atoms with van der Waals surface area (Å²) in [6.07, 6.45) is -5.65. The van der Waals surface area contributed by atoms with Crippen LogP contribution in [0.25, 0.3) is 0 Å². The van der Waals surface area contributed by atoms with Gasteiger partial charge < -0.3 is 19.7 Å². The molecule has 5 rings (SSSR count). The number of carbonyl (C=O) groups is 5. The molecule has 2 heterocycles. The number of carbonyl (C=O) groups excluding carboxylic acids is 5. The molecule has 0 bridgehead atoms. The molecule has 18 heteroatoms. The highest BCUT2D eigenvalue weighted by Gasteiger charge is 2.61. The SMILES string of the molecule is Cc1cc(C)c(C(C)(C)CC(=O)OCOC(=O)N2C(=O)NC(CCC(=O)N3Cc4cc(Cl)c(C(F)(F)F)cc4C3)(C3CC3)C2=O)c(O[PH+](O)O)c1. The van der Waals surface area contributed by atoms with Crippen molar-refractivity contribution in [2.75, 3.05) is 6.79 Å². The Morgan fingerprint density at radius 2 is 1.69 bits per heavy atom. The normalized spacial score (nSPS) is 19.0. The fraction of sp³-hybridized carbons (Fsp3) is 0.485. The van der Waals surface area contributed by atoms with Gasteiger partial charge in [-0.15, -0.1) is 0 Å². The Labute approximate surface area is 297 Å². The summed E-state index contributed by atoms with van der Waals surface area (Å²) in [5.74, 6) is -2.37. The van der Waals surface area contributed by atoms with Crippen molar-refractivity contribution in [3.63, 3.8) is 0 Å². The number of urea groups is 1. The minimum absolute atomic E-state index is 0.0175. The minimum Gasteiger partial charge on any atom is -0.428 e. The van der Waals surface area contributed by atoms with E-state index in [-0.39, 0.29) is 48.9 Å². The second kappa shape index (κ2) is 14.2. The fourth-order valence-electron chi connectivity index (χ4n) is 6.95. The number of benzene rings is 2. The Hall–Kier alpha value is -3.98. The van der Waals surface area contributed by atoms with Gasteiger partial charge in [-0.2, -0.15) is 27.9 Å². The average molecular weight is 759 g/mol. The van der Waals surface area contributed by atoms with Gasteiger partial charge in [-0.25, -0.2) is 9.59 Å². The number of ether oxygens (including phenoxy) is 2. The largest absolute Gasteiger partial charge is 0.439 e. The van der Waals surface area contributed by atoms with Crippen LogP contribution in [0, 0.1) is 19.8 Å². The predicted octanol–water partition coefficient (Wildman–Crippen LogP) is 5.63. The molecule has 1 aliphatic carbocycles. The molecule has 1 saturated heterocycles. The molecule has 3 aliphatic rings. The average Bonchev–Trinajstić information content (AvgIpc) is 3.71. The number of hydrogen-bond acceptors (Lipinski definition) is 10. The van der Waals surface area contributed by atoms with Crippen LogP contribution < -0.4 is 9.84 Å². The van der Waals surface area contributed by atoms with Crippen molar-refractivity contribution in [3.8, 4) is 5.75 Å². The molecule has 0 spiro atoms. The summed E-state index contributed by atoms with van der Waals surface area (Å²) in [5.41, 5.74) is -0.691. The van der Waals surface area contributed by atoms with Gasteiger partial charge >= 0.3 is 32.9 Å². The molecule has 1 saturated carbocycles. The van der Waals surface area contributed by atoms with Crippen molar-refractivity contribution in [2.45, 2.75) is 90.0 Å². The van der Waals surface area contributed by atoms with Gasteiger partial charge in [0.25, 0.3) is 5.91 Å². The van der Waals surface area contributed by atoms with E-state index in [0.717, 1.165) is 17.2 Å². The van der Waals surface area contributed by atoms with E-state index in [0.29, 0.717) is 29.5 Å². The van der Waals surface area contributed by atoms with Crippen LogP contribution in [0.4, 0.5) is 22.8 Å². The van der Waals surface area contributed by atoms with E-state index in [9.17, 15) is 46.9 Å². The van der Waals surface area contributed by atoms with Gasteiger partial charge in [0.05, 0.1) is 17.0 Å². The number of nitrogens with zero attached hydrogens (tertiary/aromatic N) is 2. The summed E-state index contributed by atoms with van der Waals surface area (Å²) in [6.45, 7) is 6.00. The van der Waals surface area contributed by atoms with Crippen LogP contribution in [-0.4, -0.2) is 61.8 Å². The van der Waals surface area contributed by atoms with E-state index in [1.165, 1.54) is 11.0 Å². The van der Waals surface area contributed by atoms with E-state index in [4.69, 9.17) is 25.6 Å². The monoisotopic (exact) mass is 758 g/mol. The Bertz CT molecular complexity index is 1780. The molecule has 1 unspecified atom stereocenters. The Morgan fingerprint density at radius 3 is 2.29 bits per heavy atom. The molecule has 3 N–H and O–H groups in total. The zero-order chi connectivity index (χ0) is 37.6. The van der Waals surface area contributed by atoms with Gasteiger partial charge in [-0.3, -0.25) is 18.9 Å². The Kier molecular flexibility index (Phi) is 10.7. The Balaban J connectivity index is 1.17. The molecule has 13 nitrogen and oxygen atoms in total. The van der Waals surface area contributed by atoms with Crippen molar-refractivity contribution < 1.29 is 60.9 Å². The summed E-state index contributed by atoms with van der Waals surface area (Å²) in [7, 11) is -3.10. The second-order valence-electron chi connectivity index (χ2n) is 13.6. The number of alkyl halides is 3. The first-order valence-electron chi connectivity index (χ1n) is 15.9. The van der Waals surface area contributed by atoms with Crippen LogP contribution >= 0.6 is 20.2 Å². The molecule has 2 aliphatic heterocycles. The maximum atomic E-state index is 13.6. The van der Waals surface area contributed by atoms with E-state index >= 15 is 0 Å². The van der Waals surface area contributed by atoms with Gasteiger partial charge in [0.1, 0.15) is 5.54 Å². The Morgan fingerprint density at radius 1 is 1.04 bits per heavy atom. The van der Waals surface area contributed by atoms with Gasteiger partial charge in [-0.05, 0) is 79.5 Å². The summed E-state index contributed by atoms with van der Waals surface area (Å²) >= 11 is 5.83. The molecular weight excluding hydrogens is 722 g/mol. The first-order valence-corrected chi connectivity index (χ1v) is 17.6. The second-order valence-corrected chi connectivity index (χ2v) is 14.8. The van der Waals surface area contributed by atoms with E-state index in [2.05, 4.69) is 5.32 Å². The van der Waals surface area contributed by atoms with E-state index in [1.807, 2.05) is 6.07 Å². The topological polar surface area (TPSA) is 172 Å². The van der Waals surface area contributed by atoms with Crippen molar-refractivity contribution in [3.05, 3.63) is 62.7 Å². The highest BCUT2D eigenvalue weighted by molar-refractivity contribution is 7.39. The van der Waals surface area contributed by atoms with E-state index in [1.54, 1.807) is 33.8 Å².